The number of rotatable bonds is 3. The van der Waals surface area contributed by atoms with Crippen LogP contribution >= 0.6 is 0 Å². The normalized spacial score (nSPS) is 8.11. The molecular weight excluding hydrogens is 130 g/mol. The molecule has 0 spiro atoms. The molecule has 9 heavy (non-hydrogen) atoms. The fraction of sp³-hybridized carbons (Fsp3) is 0.667. The highest BCUT2D eigenvalue weighted by atomic mass is 17.3. The van der Waals surface area contributed by atoms with Crippen LogP contribution in [0.4, 0.5) is 0 Å². The zero-order valence-corrected chi connectivity index (χ0v) is 4.70. The maximum Gasteiger partial charge on any atom is 0.342 e. The van der Waals surface area contributed by atoms with Crippen molar-refractivity contribution in [2.75, 3.05) is 0 Å². The van der Waals surface area contributed by atoms with Gasteiger partial charge in [-0.05, 0) is 0 Å². The zero-order chi connectivity index (χ0) is 7.28. The largest absolute Gasteiger partial charge is 0.342 e. The molecule has 0 aliphatic heterocycles. The molecule has 0 rings (SSSR count). The number of nitrogens with zero attached hydrogens (tertiary/aromatic N) is 1. The van der Waals surface area contributed by atoms with Gasteiger partial charge in [-0.25, -0.2) is 4.79 Å². The Morgan fingerprint density at radius 2 is 2.33 bits per heavy atom. The molecule has 0 bridgehead atoms. The first kappa shape index (κ1) is 7.67. The zero-order valence-electron chi connectivity index (χ0n) is 4.70. The highest BCUT2D eigenvalue weighted by Crippen LogP contribution is 1.84. The molecule has 0 aromatic rings. The van der Waals surface area contributed by atoms with Gasteiger partial charge in [0.15, 0.2) is 0 Å². The first-order chi connectivity index (χ1) is 4.16. The van der Waals surface area contributed by atoms with Gasteiger partial charge in [-0.15, -0.1) is 10.1 Å². The van der Waals surface area contributed by atoms with Crippen LogP contribution in [0.3, 0.4) is 0 Å². The third-order valence-electron chi connectivity index (χ3n) is 0.480. The Kier molecular flexibility index (Phi) is 3.11. The van der Waals surface area contributed by atoms with Crippen molar-refractivity contribution in [3.63, 3.8) is 0 Å². The molecule has 0 amide bonds. The third-order valence-corrected chi connectivity index (χ3v) is 0.480. The molecule has 6 heteroatoms. The minimum Gasteiger partial charge on any atom is -0.261 e. The maximum absolute atomic E-state index is 10.1. The van der Waals surface area contributed by atoms with Crippen LogP contribution in [-0.4, -0.2) is 11.1 Å². The topological polar surface area (TPSA) is 78.7 Å². The molecule has 0 saturated heterocycles. The first-order valence-corrected chi connectivity index (χ1v) is 2.18. The Bertz CT molecular complexity index is 121. The van der Waals surface area contributed by atoms with E-state index in [1.54, 1.807) is 0 Å². The lowest BCUT2D eigenvalue weighted by molar-refractivity contribution is -0.839. The predicted molar refractivity (Wildman–Crippen MR) is 24.5 cm³/mol. The number of carbonyl (C=O) groups excluding carboxylic acids is 1. The van der Waals surface area contributed by atoms with E-state index in [-0.39, 0.29) is 6.42 Å². The van der Waals surface area contributed by atoms with E-state index in [0.717, 1.165) is 0 Å². The summed E-state index contributed by atoms with van der Waals surface area (Å²) in [5.74, 6) is -0.772. The molecule has 0 aliphatic carbocycles. The summed E-state index contributed by atoms with van der Waals surface area (Å²) in [4.78, 5) is 26.3. The molecule has 52 valence electrons. The SMILES string of the molecule is CCC(=O)OO[N+](=O)[O-]. The monoisotopic (exact) mass is 135 g/mol. The fourth-order valence-electron chi connectivity index (χ4n) is 0.131. The Balaban J connectivity index is 3.28. The Hall–Kier alpha value is -1.33. The summed E-state index contributed by atoms with van der Waals surface area (Å²) in [6.07, 6.45) is 0.0494. The van der Waals surface area contributed by atoms with Crippen LogP contribution in [-0.2, 0) is 14.7 Å². The average molecular weight is 135 g/mol. The number of hydrogen-bond acceptors (Lipinski definition) is 5. The molecule has 0 atom stereocenters. The summed E-state index contributed by atoms with van der Waals surface area (Å²) >= 11 is 0. The summed E-state index contributed by atoms with van der Waals surface area (Å²) < 4.78 is 0. The van der Waals surface area contributed by atoms with Crippen LogP contribution in [0.25, 0.3) is 0 Å². The van der Waals surface area contributed by atoms with Crippen molar-refractivity contribution >= 4 is 5.97 Å². The lowest BCUT2D eigenvalue weighted by Crippen LogP contribution is -2.07. The van der Waals surface area contributed by atoms with Gasteiger partial charge >= 0.3 is 11.1 Å². The Morgan fingerprint density at radius 3 is 2.67 bits per heavy atom. The van der Waals surface area contributed by atoms with Crippen LogP contribution in [0.1, 0.15) is 13.3 Å². The third kappa shape index (κ3) is 4.52. The van der Waals surface area contributed by atoms with Crippen LogP contribution in [0, 0.1) is 10.1 Å². The summed E-state index contributed by atoms with van der Waals surface area (Å²) in [6, 6.07) is 0. The van der Waals surface area contributed by atoms with E-state index < -0.39 is 11.1 Å². The minimum absolute atomic E-state index is 0.0494. The van der Waals surface area contributed by atoms with Crippen LogP contribution < -0.4 is 0 Å². The fourth-order valence-corrected chi connectivity index (χ4v) is 0.131. The molecular formula is C3H5NO5. The van der Waals surface area contributed by atoms with Gasteiger partial charge in [-0.1, -0.05) is 11.9 Å². The molecule has 0 fully saturated rings. The Labute approximate surface area is 50.4 Å². The average Bonchev–Trinajstić information content (AvgIpc) is 1.83. The number of hydrogen-bond donors (Lipinski definition) is 0. The molecule has 6 nitrogen and oxygen atoms in total. The lowest BCUT2D eigenvalue weighted by atomic mass is 10.5. The molecule has 0 aromatic heterocycles. The second-order valence-corrected chi connectivity index (χ2v) is 1.11. The first-order valence-electron chi connectivity index (χ1n) is 2.18. The summed E-state index contributed by atoms with van der Waals surface area (Å²) in [5, 5.41) is 8.12. The highest BCUT2D eigenvalue weighted by molar-refractivity contribution is 5.68. The van der Waals surface area contributed by atoms with Gasteiger partial charge in [-0.2, -0.15) is 0 Å². The smallest absolute Gasteiger partial charge is 0.261 e. The van der Waals surface area contributed by atoms with Gasteiger partial charge in [0.05, 0.1) is 0 Å². The van der Waals surface area contributed by atoms with E-state index in [0.29, 0.717) is 0 Å². The maximum atomic E-state index is 10.1. The number of carbonyl (C=O) groups is 1. The predicted octanol–water partition coefficient (Wildman–Crippen LogP) is 0.0629. The van der Waals surface area contributed by atoms with Crippen molar-refractivity contribution in [2.45, 2.75) is 13.3 Å². The van der Waals surface area contributed by atoms with Gasteiger partial charge in [-0.3, -0.25) is 4.89 Å². The van der Waals surface area contributed by atoms with Crippen LogP contribution in [0.2, 0.25) is 0 Å². The highest BCUT2D eigenvalue weighted by Gasteiger charge is 2.01. The summed E-state index contributed by atoms with van der Waals surface area (Å²) in [6.45, 7) is 1.49. The van der Waals surface area contributed by atoms with E-state index in [9.17, 15) is 14.9 Å². The second-order valence-electron chi connectivity index (χ2n) is 1.11. The van der Waals surface area contributed by atoms with Crippen molar-refractivity contribution in [3.8, 4) is 0 Å². The minimum atomic E-state index is -1.20. The van der Waals surface area contributed by atoms with E-state index in [4.69, 9.17) is 0 Å². The van der Waals surface area contributed by atoms with Crippen LogP contribution in [0.15, 0.2) is 0 Å². The van der Waals surface area contributed by atoms with E-state index in [2.05, 4.69) is 9.88 Å². The van der Waals surface area contributed by atoms with E-state index >= 15 is 0 Å². The Morgan fingerprint density at radius 1 is 1.78 bits per heavy atom. The van der Waals surface area contributed by atoms with Crippen molar-refractivity contribution in [3.05, 3.63) is 10.1 Å². The van der Waals surface area contributed by atoms with Crippen molar-refractivity contribution < 1.29 is 19.8 Å². The summed E-state index contributed by atoms with van der Waals surface area (Å²) in [5.41, 5.74) is 0. The van der Waals surface area contributed by atoms with E-state index in [1.165, 1.54) is 6.92 Å². The molecule has 0 aromatic carbocycles. The van der Waals surface area contributed by atoms with Crippen molar-refractivity contribution in [1.29, 1.82) is 0 Å². The van der Waals surface area contributed by atoms with Crippen molar-refractivity contribution in [1.82, 2.24) is 0 Å². The van der Waals surface area contributed by atoms with Crippen LogP contribution in [0.5, 0.6) is 0 Å². The molecule has 0 heterocycles. The molecule has 0 aliphatic rings. The van der Waals surface area contributed by atoms with Gasteiger partial charge in [0.2, 0.25) is 0 Å². The summed E-state index contributed by atoms with van der Waals surface area (Å²) in [7, 11) is 0. The molecule has 0 N–H and O–H groups in total. The molecule has 0 saturated carbocycles. The quantitative estimate of drug-likeness (QED) is 0.310. The lowest BCUT2D eigenvalue weighted by Gasteiger charge is -1.92. The second kappa shape index (κ2) is 3.65. The van der Waals surface area contributed by atoms with Gasteiger partial charge in [0.25, 0.3) is 0 Å². The van der Waals surface area contributed by atoms with Gasteiger partial charge in [0, 0.05) is 6.42 Å². The molecule has 0 unspecified atom stereocenters. The van der Waals surface area contributed by atoms with Gasteiger partial charge in [0.1, 0.15) is 0 Å². The van der Waals surface area contributed by atoms with Gasteiger partial charge < -0.3 is 0 Å². The standard InChI is InChI=1S/C3H5NO5/c1-2-3(5)8-9-4(6)7/h2H2,1H3. The van der Waals surface area contributed by atoms with E-state index in [1.807, 2.05) is 0 Å². The van der Waals surface area contributed by atoms with Crippen molar-refractivity contribution in [2.24, 2.45) is 0 Å². The molecule has 0 radical (unpaired) electrons.